The molecule has 29 heavy (non-hydrogen) atoms. The number of aryl methyl sites for hydroxylation is 1. The van der Waals surface area contributed by atoms with Crippen LogP contribution in [0.4, 0.5) is 5.69 Å². The largest absolute Gasteiger partial charge is 0.376 e. The molecule has 3 nitrogen and oxygen atoms in total. The van der Waals surface area contributed by atoms with Gasteiger partial charge in [0, 0.05) is 57.2 Å². The van der Waals surface area contributed by atoms with Crippen LogP contribution in [0, 0.1) is 12.8 Å². The molecular weight excluding hydrogens is 354 g/mol. The molecule has 0 saturated heterocycles. The quantitative estimate of drug-likeness (QED) is 0.382. The third kappa shape index (κ3) is 7.49. The average molecular weight is 396 g/mol. The normalized spacial score (nSPS) is 11.9. The van der Waals surface area contributed by atoms with E-state index in [-0.39, 0.29) is 0 Å². The number of anilines is 1. The molecule has 0 N–H and O–H groups in total. The molecule has 3 heteroatoms. The maximum Gasteiger partial charge on any atom is 0.0367 e. The van der Waals surface area contributed by atoms with Gasteiger partial charge in [0.05, 0.1) is 0 Å². The van der Waals surface area contributed by atoms with E-state index in [9.17, 15) is 0 Å². The highest BCUT2D eigenvalue weighted by molar-refractivity contribution is 5.67. The number of likely N-dealkylation sites (N-methyl/N-ethyl adjacent to an activating group) is 2. The van der Waals surface area contributed by atoms with E-state index in [2.05, 4.69) is 99.7 Å². The Hall–Kier alpha value is -2.42. The number of benzene rings is 1. The molecule has 0 amide bonds. The Balaban J connectivity index is 2.73. The number of allylic oxidation sites excluding steroid dienone is 3. The topological polar surface area (TPSA) is 9.72 Å². The number of nitrogens with zero attached hydrogens (tertiary/aromatic N) is 3. The Morgan fingerprint density at radius 2 is 1.83 bits per heavy atom. The summed E-state index contributed by atoms with van der Waals surface area (Å²) >= 11 is 0. The van der Waals surface area contributed by atoms with E-state index in [0.717, 1.165) is 38.3 Å². The molecule has 1 atom stereocenters. The highest BCUT2D eigenvalue weighted by Crippen LogP contribution is 2.25. The van der Waals surface area contributed by atoms with Gasteiger partial charge in [0.15, 0.2) is 0 Å². The summed E-state index contributed by atoms with van der Waals surface area (Å²) in [6, 6.07) is 6.66. The molecule has 0 aliphatic carbocycles. The van der Waals surface area contributed by atoms with Crippen molar-refractivity contribution in [2.24, 2.45) is 5.92 Å². The zero-order valence-electron chi connectivity index (χ0n) is 19.5. The molecule has 160 valence electrons. The lowest BCUT2D eigenvalue weighted by Crippen LogP contribution is -2.30. The first-order chi connectivity index (χ1) is 13.7. The van der Waals surface area contributed by atoms with Crippen molar-refractivity contribution in [3.63, 3.8) is 0 Å². The molecule has 1 aromatic carbocycles. The Kier molecular flexibility index (Phi) is 10.4. The second-order valence-electron chi connectivity index (χ2n) is 7.86. The monoisotopic (exact) mass is 395 g/mol. The van der Waals surface area contributed by atoms with Gasteiger partial charge >= 0.3 is 0 Å². The van der Waals surface area contributed by atoms with Crippen molar-refractivity contribution in [3.8, 4) is 0 Å². The summed E-state index contributed by atoms with van der Waals surface area (Å²) in [5.41, 5.74) is 5.97. The third-order valence-electron chi connectivity index (χ3n) is 5.72. The molecule has 1 aromatic rings. The van der Waals surface area contributed by atoms with Crippen LogP contribution in [0.25, 0.3) is 5.70 Å². The van der Waals surface area contributed by atoms with E-state index in [1.807, 2.05) is 13.1 Å². The Labute approximate surface area is 179 Å². The summed E-state index contributed by atoms with van der Waals surface area (Å²) in [7, 11) is 4.27. The van der Waals surface area contributed by atoms with Crippen LogP contribution >= 0.6 is 0 Å². The second-order valence-corrected chi connectivity index (χ2v) is 7.86. The fraction of sp³-hybridized carbons (Fsp3) is 0.462. The van der Waals surface area contributed by atoms with E-state index in [1.54, 1.807) is 0 Å². The van der Waals surface area contributed by atoms with Gasteiger partial charge < -0.3 is 14.7 Å². The van der Waals surface area contributed by atoms with E-state index in [1.165, 1.54) is 22.4 Å². The summed E-state index contributed by atoms with van der Waals surface area (Å²) in [6.45, 7) is 24.9. The van der Waals surface area contributed by atoms with Crippen molar-refractivity contribution in [3.05, 3.63) is 73.0 Å². The first-order valence-corrected chi connectivity index (χ1v) is 10.6. The summed E-state index contributed by atoms with van der Waals surface area (Å²) in [5.74, 6) is 0.469. The minimum absolute atomic E-state index is 0.469. The summed E-state index contributed by atoms with van der Waals surface area (Å²) < 4.78 is 0. The van der Waals surface area contributed by atoms with E-state index in [4.69, 9.17) is 0 Å². The van der Waals surface area contributed by atoms with Crippen LogP contribution in [-0.4, -0.2) is 50.1 Å². The van der Waals surface area contributed by atoms with Crippen molar-refractivity contribution in [2.45, 2.75) is 34.1 Å². The van der Waals surface area contributed by atoms with Crippen LogP contribution in [-0.2, 0) is 0 Å². The lowest BCUT2D eigenvalue weighted by Gasteiger charge is -2.27. The average Bonchev–Trinajstić information content (AvgIpc) is 2.71. The van der Waals surface area contributed by atoms with Gasteiger partial charge in [0.25, 0.3) is 0 Å². The molecule has 0 radical (unpaired) electrons. The van der Waals surface area contributed by atoms with Crippen molar-refractivity contribution >= 4 is 11.4 Å². The minimum Gasteiger partial charge on any atom is -0.376 e. The first-order valence-electron chi connectivity index (χ1n) is 10.6. The van der Waals surface area contributed by atoms with E-state index >= 15 is 0 Å². The van der Waals surface area contributed by atoms with Gasteiger partial charge in [0.2, 0.25) is 0 Å². The maximum absolute atomic E-state index is 4.36. The minimum atomic E-state index is 0.469. The summed E-state index contributed by atoms with van der Waals surface area (Å²) in [4.78, 5) is 6.78. The van der Waals surface area contributed by atoms with Crippen LogP contribution in [0.5, 0.6) is 0 Å². The molecule has 0 spiro atoms. The summed E-state index contributed by atoms with van der Waals surface area (Å²) in [5, 5.41) is 0. The summed E-state index contributed by atoms with van der Waals surface area (Å²) in [6.07, 6.45) is 7.14. The van der Waals surface area contributed by atoms with Gasteiger partial charge in [-0.3, -0.25) is 0 Å². The zero-order chi connectivity index (χ0) is 22.0. The predicted octanol–water partition coefficient (Wildman–Crippen LogP) is 5.96. The fourth-order valence-electron chi connectivity index (χ4n) is 3.29. The van der Waals surface area contributed by atoms with Crippen molar-refractivity contribution in [1.82, 2.24) is 9.80 Å². The Bertz CT molecular complexity index is 717. The van der Waals surface area contributed by atoms with Crippen LogP contribution in [0.3, 0.4) is 0 Å². The van der Waals surface area contributed by atoms with Gasteiger partial charge in [-0.15, -0.1) is 0 Å². The standard InChI is InChI=1S/C26H41N3/c1-10-13-21(4)22(5)16-17-27(8)24(7)26-15-14-25(20-23(26)6)28(9)18-19-29(11-2)12-3/h10-11,13-15,20,22H,2,4,7,12,16-19H2,1,3,5-6,8-9H3/b13-10-. The van der Waals surface area contributed by atoms with Gasteiger partial charge in [-0.1, -0.05) is 50.5 Å². The smallest absolute Gasteiger partial charge is 0.0367 e. The lowest BCUT2D eigenvalue weighted by molar-refractivity contribution is 0.405. The molecule has 0 heterocycles. The fourth-order valence-corrected chi connectivity index (χ4v) is 3.29. The number of hydrogen-bond acceptors (Lipinski definition) is 3. The lowest BCUT2D eigenvalue weighted by atomic mass is 9.98. The molecule has 1 unspecified atom stereocenters. The predicted molar refractivity (Wildman–Crippen MR) is 131 cm³/mol. The van der Waals surface area contributed by atoms with Gasteiger partial charge in [0.1, 0.15) is 0 Å². The molecule has 0 bridgehead atoms. The maximum atomic E-state index is 4.36. The molecule has 0 aliphatic heterocycles. The Morgan fingerprint density at radius 1 is 1.14 bits per heavy atom. The molecule has 1 rings (SSSR count). The van der Waals surface area contributed by atoms with Crippen molar-refractivity contribution in [1.29, 1.82) is 0 Å². The van der Waals surface area contributed by atoms with Gasteiger partial charge in [-0.25, -0.2) is 0 Å². The van der Waals surface area contributed by atoms with E-state index < -0.39 is 0 Å². The second kappa shape index (κ2) is 12.2. The van der Waals surface area contributed by atoms with Crippen LogP contribution < -0.4 is 4.90 Å². The van der Waals surface area contributed by atoms with Gasteiger partial charge in [-0.05, 0) is 57.0 Å². The molecule has 0 aromatic heterocycles. The number of rotatable bonds is 13. The van der Waals surface area contributed by atoms with Crippen LogP contribution in [0.15, 0.2) is 61.9 Å². The van der Waals surface area contributed by atoms with Crippen LogP contribution in [0.1, 0.15) is 38.3 Å². The molecule has 0 saturated carbocycles. The van der Waals surface area contributed by atoms with E-state index in [0.29, 0.717) is 5.92 Å². The first kappa shape index (κ1) is 24.6. The van der Waals surface area contributed by atoms with Gasteiger partial charge in [-0.2, -0.15) is 0 Å². The van der Waals surface area contributed by atoms with Crippen molar-refractivity contribution in [2.75, 3.05) is 45.2 Å². The molecular formula is C26H41N3. The Morgan fingerprint density at radius 3 is 2.38 bits per heavy atom. The highest BCUT2D eigenvalue weighted by atomic mass is 15.2. The highest BCUT2D eigenvalue weighted by Gasteiger charge is 2.12. The van der Waals surface area contributed by atoms with Crippen LogP contribution in [0.2, 0.25) is 0 Å². The third-order valence-corrected chi connectivity index (χ3v) is 5.72. The zero-order valence-corrected chi connectivity index (χ0v) is 19.5. The SMILES string of the molecule is C=CN(CC)CCN(C)c1ccc(C(=C)N(C)CCC(C)C(=C)/C=C\C)c(C)c1. The van der Waals surface area contributed by atoms with Crippen molar-refractivity contribution < 1.29 is 0 Å². The molecule has 0 fully saturated rings. The number of hydrogen-bond donors (Lipinski definition) is 0. The molecule has 0 aliphatic rings.